The number of hydrogen-bond acceptors (Lipinski definition) is 1. The standard InChI is InChI=1S/C12H2Cl6F3N/c13-5-3(1-2-22-11(5)12(19,20)21)4-6(14)8(16)10(18)9(17)7(4)15/h1-2H. The first-order chi connectivity index (χ1) is 10.1. The van der Waals surface area contributed by atoms with Gasteiger partial charge in [0.05, 0.1) is 30.1 Å². The Bertz CT molecular complexity index is 730. The Hall–Kier alpha value is -0.1000. The SMILES string of the molecule is FC(F)(F)c1nccc(-c2c(Cl)c(Cl)c(Cl)c(Cl)c2Cl)c1Cl. The van der Waals surface area contributed by atoms with Gasteiger partial charge < -0.3 is 0 Å². The van der Waals surface area contributed by atoms with Gasteiger partial charge in [-0.3, -0.25) is 4.98 Å². The van der Waals surface area contributed by atoms with Crippen molar-refractivity contribution in [3.63, 3.8) is 0 Å². The molecule has 1 nitrogen and oxygen atoms in total. The van der Waals surface area contributed by atoms with E-state index >= 15 is 0 Å². The van der Waals surface area contributed by atoms with E-state index in [-0.39, 0.29) is 36.2 Å². The third-order valence-corrected chi connectivity index (χ3v) is 5.30. The third kappa shape index (κ3) is 3.10. The molecule has 1 aromatic carbocycles. The fraction of sp³-hybridized carbons (Fsp3) is 0.0833. The summed E-state index contributed by atoms with van der Waals surface area (Å²) in [4.78, 5) is 3.22. The minimum atomic E-state index is -4.74. The van der Waals surface area contributed by atoms with E-state index in [0.717, 1.165) is 6.20 Å². The van der Waals surface area contributed by atoms with Crippen molar-refractivity contribution >= 4 is 69.6 Å². The van der Waals surface area contributed by atoms with E-state index in [1.165, 1.54) is 6.07 Å². The smallest absolute Gasteiger partial charge is 0.250 e. The van der Waals surface area contributed by atoms with Crippen molar-refractivity contribution in [3.05, 3.63) is 48.1 Å². The van der Waals surface area contributed by atoms with Gasteiger partial charge in [0.2, 0.25) is 0 Å². The number of rotatable bonds is 1. The van der Waals surface area contributed by atoms with Crippen molar-refractivity contribution in [2.75, 3.05) is 0 Å². The molecule has 0 aliphatic rings. The van der Waals surface area contributed by atoms with Gasteiger partial charge >= 0.3 is 6.18 Å². The van der Waals surface area contributed by atoms with Crippen LogP contribution in [-0.4, -0.2) is 4.98 Å². The predicted molar refractivity (Wildman–Crippen MR) is 84.7 cm³/mol. The van der Waals surface area contributed by atoms with Crippen LogP contribution in [-0.2, 0) is 6.18 Å². The van der Waals surface area contributed by atoms with Crippen LogP contribution in [0.4, 0.5) is 13.2 Å². The second-order valence-corrected chi connectivity index (χ2v) is 6.23. The summed E-state index contributed by atoms with van der Waals surface area (Å²) in [6.07, 6.45) is -3.82. The Balaban J connectivity index is 2.85. The maximum atomic E-state index is 12.9. The Labute approximate surface area is 152 Å². The Morgan fingerprint density at radius 2 is 1.18 bits per heavy atom. The molecule has 0 bridgehead atoms. The van der Waals surface area contributed by atoms with Gasteiger partial charge in [-0.25, -0.2) is 0 Å². The summed E-state index contributed by atoms with van der Waals surface area (Å²) in [7, 11) is 0. The van der Waals surface area contributed by atoms with Crippen molar-refractivity contribution in [3.8, 4) is 11.1 Å². The molecule has 22 heavy (non-hydrogen) atoms. The second-order valence-electron chi connectivity index (χ2n) is 3.96. The highest BCUT2D eigenvalue weighted by Crippen LogP contribution is 2.50. The average Bonchev–Trinajstić information content (AvgIpc) is 2.43. The third-order valence-electron chi connectivity index (χ3n) is 2.64. The molecule has 118 valence electrons. The molecule has 2 rings (SSSR count). The summed E-state index contributed by atoms with van der Waals surface area (Å²) in [6, 6.07) is 1.21. The molecule has 1 heterocycles. The van der Waals surface area contributed by atoms with E-state index in [1.807, 2.05) is 0 Å². The normalized spacial score (nSPS) is 11.9. The van der Waals surface area contributed by atoms with Gasteiger partial charge in [-0.2, -0.15) is 13.2 Å². The quantitative estimate of drug-likeness (QED) is 0.334. The molecular weight excluding hydrogens is 428 g/mol. The van der Waals surface area contributed by atoms with Crippen molar-refractivity contribution < 1.29 is 13.2 Å². The van der Waals surface area contributed by atoms with Crippen LogP contribution in [0.15, 0.2) is 12.3 Å². The van der Waals surface area contributed by atoms with Gasteiger partial charge in [0.1, 0.15) is 0 Å². The summed E-state index contributed by atoms with van der Waals surface area (Å²) < 4.78 is 38.6. The van der Waals surface area contributed by atoms with E-state index in [2.05, 4.69) is 4.98 Å². The van der Waals surface area contributed by atoms with Crippen molar-refractivity contribution in [1.82, 2.24) is 4.98 Å². The van der Waals surface area contributed by atoms with E-state index in [4.69, 9.17) is 69.6 Å². The number of halogens is 9. The van der Waals surface area contributed by atoms with Gasteiger partial charge in [-0.1, -0.05) is 69.6 Å². The molecule has 0 aliphatic carbocycles. The number of nitrogens with zero attached hydrogens (tertiary/aromatic N) is 1. The van der Waals surface area contributed by atoms with Gasteiger partial charge in [-0.15, -0.1) is 0 Å². The van der Waals surface area contributed by atoms with E-state index in [0.29, 0.717) is 0 Å². The number of hydrogen-bond donors (Lipinski definition) is 0. The second kappa shape index (κ2) is 6.42. The molecule has 2 aromatic rings. The summed E-state index contributed by atoms with van der Waals surface area (Å²) in [5, 5.41) is -1.40. The number of benzene rings is 1. The lowest BCUT2D eigenvalue weighted by atomic mass is 10.1. The molecule has 0 radical (unpaired) electrons. The Morgan fingerprint density at radius 1 is 0.727 bits per heavy atom. The highest BCUT2D eigenvalue weighted by molar-refractivity contribution is 6.56. The van der Waals surface area contributed by atoms with Crippen molar-refractivity contribution in [2.24, 2.45) is 0 Å². The molecule has 0 spiro atoms. The summed E-state index contributed by atoms with van der Waals surface area (Å²) >= 11 is 35.5. The van der Waals surface area contributed by atoms with Crippen LogP contribution in [0.25, 0.3) is 11.1 Å². The maximum Gasteiger partial charge on any atom is 0.434 e. The first-order valence-corrected chi connectivity index (χ1v) is 7.57. The summed E-state index contributed by atoms with van der Waals surface area (Å²) in [5.41, 5.74) is -1.44. The van der Waals surface area contributed by atoms with Crippen molar-refractivity contribution in [2.45, 2.75) is 6.18 Å². The number of alkyl halides is 3. The molecule has 0 saturated heterocycles. The maximum absolute atomic E-state index is 12.9. The molecule has 0 N–H and O–H groups in total. The monoisotopic (exact) mass is 427 g/mol. The van der Waals surface area contributed by atoms with Gasteiger partial charge in [0.25, 0.3) is 0 Å². The fourth-order valence-corrected chi connectivity index (χ4v) is 3.33. The van der Waals surface area contributed by atoms with Crippen LogP contribution in [0.3, 0.4) is 0 Å². The Kier molecular flexibility index (Phi) is 5.32. The van der Waals surface area contributed by atoms with Crippen LogP contribution in [0.1, 0.15) is 5.69 Å². The van der Waals surface area contributed by atoms with Crippen molar-refractivity contribution in [1.29, 1.82) is 0 Å². The van der Waals surface area contributed by atoms with Crippen LogP contribution < -0.4 is 0 Å². The lowest BCUT2D eigenvalue weighted by Crippen LogP contribution is -2.09. The molecule has 0 atom stereocenters. The average molecular weight is 430 g/mol. The molecule has 0 unspecified atom stereocenters. The van der Waals surface area contributed by atoms with Crippen LogP contribution in [0.5, 0.6) is 0 Å². The van der Waals surface area contributed by atoms with Gasteiger partial charge in [0, 0.05) is 17.3 Å². The number of pyridine rings is 1. The molecule has 0 amide bonds. The van der Waals surface area contributed by atoms with Gasteiger partial charge in [0.15, 0.2) is 5.69 Å². The minimum Gasteiger partial charge on any atom is -0.250 e. The largest absolute Gasteiger partial charge is 0.434 e. The first-order valence-electron chi connectivity index (χ1n) is 5.30. The molecule has 0 saturated carbocycles. The minimum absolute atomic E-state index is 0.0550. The lowest BCUT2D eigenvalue weighted by molar-refractivity contribution is -0.141. The highest BCUT2D eigenvalue weighted by Gasteiger charge is 2.36. The molecule has 0 aliphatic heterocycles. The van der Waals surface area contributed by atoms with E-state index in [1.54, 1.807) is 0 Å². The molecule has 1 aromatic heterocycles. The zero-order valence-corrected chi connectivity index (χ0v) is 14.5. The first kappa shape index (κ1) is 18.2. The Morgan fingerprint density at radius 3 is 1.64 bits per heavy atom. The number of aromatic nitrogens is 1. The van der Waals surface area contributed by atoms with E-state index < -0.39 is 16.9 Å². The van der Waals surface area contributed by atoms with Crippen LogP contribution in [0.2, 0.25) is 30.1 Å². The van der Waals surface area contributed by atoms with E-state index in [9.17, 15) is 13.2 Å². The molecular formula is C12H2Cl6F3N. The summed E-state index contributed by atoms with van der Waals surface area (Å²) in [6.45, 7) is 0. The summed E-state index contributed by atoms with van der Waals surface area (Å²) in [5.74, 6) is 0. The van der Waals surface area contributed by atoms with Crippen LogP contribution >= 0.6 is 69.6 Å². The fourth-order valence-electron chi connectivity index (χ4n) is 1.68. The molecule has 0 fully saturated rings. The lowest BCUT2D eigenvalue weighted by Gasteiger charge is -2.16. The van der Waals surface area contributed by atoms with Gasteiger partial charge in [-0.05, 0) is 6.07 Å². The molecule has 10 heteroatoms. The zero-order chi connectivity index (χ0) is 16.8. The zero-order valence-electron chi connectivity index (χ0n) is 10.0. The van der Waals surface area contributed by atoms with Crippen LogP contribution in [0, 0.1) is 0 Å². The predicted octanol–water partition coefficient (Wildman–Crippen LogP) is 7.69. The highest BCUT2D eigenvalue weighted by atomic mass is 35.5. The topological polar surface area (TPSA) is 12.9 Å².